The van der Waals surface area contributed by atoms with E-state index in [9.17, 15) is 4.79 Å². The van der Waals surface area contributed by atoms with Crippen LogP contribution >= 0.6 is 27.5 Å². The van der Waals surface area contributed by atoms with Crippen molar-refractivity contribution in [1.82, 2.24) is 0 Å². The molecule has 0 aliphatic carbocycles. The van der Waals surface area contributed by atoms with Crippen LogP contribution in [0.5, 0.6) is 0 Å². The predicted octanol–water partition coefficient (Wildman–Crippen LogP) is 3.12. The van der Waals surface area contributed by atoms with Crippen molar-refractivity contribution in [2.45, 2.75) is 17.7 Å². The Morgan fingerprint density at radius 2 is 2.00 bits per heavy atom. The van der Waals surface area contributed by atoms with E-state index in [1.807, 2.05) is 12.1 Å². The van der Waals surface area contributed by atoms with Gasteiger partial charge in [0.15, 0.2) is 0 Å². The molecule has 0 spiro atoms. The molecule has 0 saturated heterocycles. The Hall–Kier alpha value is -0.540. The molecule has 0 amide bonds. The monoisotopic (exact) mass is 276 g/mol. The molecule has 0 radical (unpaired) electrons. The molecule has 2 nitrogen and oxygen atoms in total. The Kier molecular flexibility index (Phi) is 3.56. The fourth-order valence-electron chi connectivity index (χ4n) is 1.06. The van der Waals surface area contributed by atoms with Gasteiger partial charge >= 0.3 is 5.97 Å². The summed E-state index contributed by atoms with van der Waals surface area (Å²) in [5.41, 5.74) is 0.941. The lowest BCUT2D eigenvalue weighted by Crippen LogP contribution is -2.30. The minimum Gasteiger partial charge on any atom is -0.480 e. The van der Waals surface area contributed by atoms with Gasteiger partial charge in [-0.3, -0.25) is 4.79 Å². The third-order valence-corrected chi connectivity index (χ3v) is 2.77. The molecule has 76 valence electrons. The van der Waals surface area contributed by atoms with Crippen molar-refractivity contribution in [3.8, 4) is 0 Å². The molecule has 0 heterocycles. The number of rotatable bonds is 3. The van der Waals surface area contributed by atoms with E-state index < -0.39 is 10.3 Å². The summed E-state index contributed by atoms with van der Waals surface area (Å²) >= 11 is 8.89. The smallest absolute Gasteiger partial charge is 0.320 e. The third-order valence-electron chi connectivity index (χ3n) is 1.90. The molecule has 1 N–H and O–H groups in total. The highest BCUT2D eigenvalue weighted by Gasteiger charge is 2.29. The zero-order valence-electron chi connectivity index (χ0n) is 7.63. The summed E-state index contributed by atoms with van der Waals surface area (Å²) in [6.45, 7) is 1.63. The number of carboxylic acid groups (broad SMARTS) is 1. The molecule has 1 atom stereocenters. The van der Waals surface area contributed by atoms with Crippen LogP contribution < -0.4 is 0 Å². The van der Waals surface area contributed by atoms with Gasteiger partial charge in [0.05, 0.1) is 0 Å². The Bertz CT molecular complexity index is 332. The van der Waals surface area contributed by atoms with Crippen LogP contribution in [0.2, 0.25) is 5.02 Å². The van der Waals surface area contributed by atoms with Crippen molar-refractivity contribution >= 4 is 33.5 Å². The van der Waals surface area contributed by atoms with Crippen LogP contribution in [-0.4, -0.2) is 15.4 Å². The normalized spacial score (nSPS) is 14.8. The van der Waals surface area contributed by atoms with Gasteiger partial charge in [-0.25, -0.2) is 0 Å². The van der Waals surface area contributed by atoms with Gasteiger partial charge in [-0.15, -0.1) is 0 Å². The molecule has 0 fully saturated rings. The van der Waals surface area contributed by atoms with Gasteiger partial charge in [0.1, 0.15) is 4.32 Å². The van der Waals surface area contributed by atoms with E-state index in [0.717, 1.165) is 5.56 Å². The van der Waals surface area contributed by atoms with Gasteiger partial charge < -0.3 is 5.11 Å². The number of benzene rings is 1. The molecule has 4 heteroatoms. The standard InChI is InChI=1S/C10H10BrClO2/c1-10(11,9(13)14)6-7-2-4-8(12)5-3-7/h2-5H,6H2,1H3,(H,13,14). The molecule has 1 aromatic carbocycles. The average Bonchev–Trinajstić information content (AvgIpc) is 2.08. The van der Waals surface area contributed by atoms with E-state index in [2.05, 4.69) is 15.9 Å². The molecule has 0 aromatic heterocycles. The van der Waals surface area contributed by atoms with Crippen LogP contribution in [0.15, 0.2) is 24.3 Å². The first-order valence-corrected chi connectivity index (χ1v) is 5.26. The summed E-state index contributed by atoms with van der Waals surface area (Å²) in [5, 5.41) is 9.54. The molecule has 14 heavy (non-hydrogen) atoms. The van der Waals surface area contributed by atoms with E-state index >= 15 is 0 Å². The summed E-state index contributed by atoms with van der Waals surface area (Å²) in [5.74, 6) is -0.868. The number of carboxylic acids is 1. The minimum absolute atomic E-state index is 0.430. The average molecular weight is 278 g/mol. The lowest BCUT2D eigenvalue weighted by molar-refractivity contribution is -0.139. The highest BCUT2D eigenvalue weighted by Crippen LogP contribution is 2.24. The largest absolute Gasteiger partial charge is 0.480 e. The fourth-order valence-corrected chi connectivity index (χ4v) is 1.51. The first-order valence-electron chi connectivity index (χ1n) is 4.08. The summed E-state index contributed by atoms with van der Waals surface area (Å²) in [6.07, 6.45) is 0.430. The van der Waals surface area contributed by atoms with Crippen molar-refractivity contribution in [2.75, 3.05) is 0 Å². The first kappa shape index (κ1) is 11.5. The quantitative estimate of drug-likeness (QED) is 0.862. The number of hydrogen-bond donors (Lipinski definition) is 1. The third kappa shape index (κ3) is 3.00. The van der Waals surface area contributed by atoms with Gasteiger partial charge in [0, 0.05) is 5.02 Å². The van der Waals surface area contributed by atoms with Crippen molar-refractivity contribution in [3.05, 3.63) is 34.9 Å². The lowest BCUT2D eigenvalue weighted by atomic mass is 10.0. The second-order valence-electron chi connectivity index (χ2n) is 3.31. The van der Waals surface area contributed by atoms with Gasteiger partial charge in [0.2, 0.25) is 0 Å². The molecule has 0 bridgehead atoms. The zero-order valence-corrected chi connectivity index (χ0v) is 9.97. The molecule has 1 rings (SSSR count). The number of carbonyl (C=O) groups is 1. The fraction of sp³-hybridized carbons (Fsp3) is 0.300. The van der Waals surface area contributed by atoms with E-state index in [0.29, 0.717) is 11.4 Å². The molecule has 1 aromatic rings. The van der Waals surface area contributed by atoms with Crippen molar-refractivity contribution in [1.29, 1.82) is 0 Å². The number of halogens is 2. The highest BCUT2D eigenvalue weighted by atomic mass is 79.9. The molecule has 0 aliphatic rings. The SMILES string of the molecule is CC(Br)(Cc1ccc(Cl)cc1)C(=O)O. The minimum atomic E-state index is -0.916. The summed E-state index contributed by atoms with van der Waals surface area (Å²) in [4.78, 5) is 10.8. The van der Waals surface area contributed by atoms with Gasteiger partial charge in [-0.1, -0.05) is 39.7 Å². The Labute approximate surface area is 96.0 Å². The van der Waals surface area contributed by atoms with Crippen LogP contribution in [-0.2, 0) is 11.2 Å². The van der Waals surface area contributed by atoms with E-state index in [1.165, 1.54) is 0 Å². The van der Waals surface area contributed by atoms with E-state index in [-0.39, 0.29) is 0 Å². The lowest BCUT2D eigenvalue weighted by Gasteiger charge is -2.16. The van der Waals surface area contributed by atoms with Gasteiger partial charge in [-0.2, -0.15) is 0 Å². The second-order valence-corrected chi connectivity index (χ2v) is 5.49. The van der Waals surface area contributed by atoms with Crippen molar-refractivity contribution in [3.63, 3.8) is 0 Å². The molecular weight excluding hydrogens is 267 g/mol. The van der Waals surface area contributed by atoms with Gasteiger partial charge in [-0.05, 0) is 31.0 Å². The number of alkyl halides is 1. The van der Waals surface area contributed by atoms with Gasteiger partial charge in [0.25, 0.3) is 0 Å². The zero-order chi connectivity index (χ0) is 10.8. The van der Waals surface area contributed by atoms with Crippen LogP contribution in [0.25, 0.3) is 0 Å². The maximum absolute atomic E-state index is 10.8. The van der Waals surface area contributed by atoms with Crippen molar-refractivity contribution in [2.24, 2.45) is 0 Å². The summed E-state index contributed by atoms with van der Waals surface area (Å²) in [7, 11) is 0. The second kappa shape index (κ2) is 4.32. The van der Waals surface area contributed by atoms with Crippen LogP contribution in [0.1, 0.15) is 12.5 Å². The topological polar surface area (TPSA) is 37.3 Å². The maximum Gasteiger partial charge on any atom is 0.320 e. The van der Waals surface area contributed by atoms with Crippen molar-refractivity contribution < 1.29 is 9.90 Å². The number of aliphatic carboxylic acids is 1. The molecular formula is C10H10BrClO2. The first-order chi connectivity index (χ1) is 6.42. The Balaban J connectivity index is 2.79. The Morgan fingerprint density at radius 1 is 1.50 bits per heavy atom. The summed E-state index contributed by atoms with van der Waals surface area (Å²) in [6, 6.07) is 7.15. The summed E-state index contributed by atoms with van der Waals surface area (Å²) < 4.78 is -0.916. The molecule has 1 unspecified atom stereocenters. The van der Waals surface area contributed by atoms with E-state index in [1.54, 1.807) is 19.1 Å². The number of hydrogen-bond acceptors (Lipinski definition) is 1. The Morgan fingerprint density at radius 3 is 2.43 bits per heavy atom. The molecule has 0 aliphatic heterocycles. The maximum atomic E-state index is 10.8. The predicted molar refractivity (Wildman–Crippen MR) is 60.1 cm³/mol. The van der Waals surface area contributed by atoms with Crippen LogP contribution in [0.3, 0.4) is 0 Å². The van der Waals surface area contributed by atoms with E-state index in [4.69, 9.17) is 16.7 Å². The van der Waals surface area contributed by atoms with Crippen LogP contribution in [0.4, 0.5) is 0 Å². The van der Waals surface area contributed by atoms with Crippen LogP contribution in [0, 0.1) is 0 Å². The highest BCUT2D eigenvalue weighted by molar-refractivity contribution is 9.10. The molecule has 0 saturated carbocycles.